The first-order valence-electron chi connectivity index (χ1n) is 10.0. The summed E-state index contributed by atoms with van der Waals surface area (Å²) in [5, 5.41) is 9.88. The Kier molecular flexibility index (Phi) is 5.66. The van der Waals surface area contributed by atoms with E-state index in [2.05, 4.69) is 19.9 Å². The van der Waals surface area contributed by atoms with Gasteiger partial charge in [0.2, 0.25) is 0 Å². The first-order chi connectivity index (χ1) is 14.3. The summed E-state index contributed by atoms with van der Waals surface area (Å²) in [6, 6.07) is 9.60. The average molecular weight is 429 g/mol. The second-order valence-corrected chi connectivity index (χ2v) is 8.77. The van der Waals surface area contributed by atoms with Crippen molar-refractivity contribution in [1.29, 1.82) is 0 Å². The van der Waals surface area contributed by atoms with Gasteiger partial charge in [0.25, 0.3) is 0 Å². The number of rotatable bonds is 6. The summed E-state index contributed by atoms with van der Waals surface area (Å²) >= 11 is 6.05. The Morgan fingerprint density at radius 1 is 1.30 bits per heavy atom. The van der Waals surface area contributed by atoms with Gasteiger partial charge < -0.3 is 19.7 Å². The predicted molar refractivity (Wildman–Crippen MR) is 117 cm³/mol. The number of fused-ring (bicyclic) bond motifs is 1. The number of anilines is 1. The fraction of sp³-hybridized carbons (Fsp3) is 0.409. The maximum absolute atomic E-state index is 11.2. The fourth-order valence-corrected chi connectivity index (χ4v) is 3.64. The number of H-pyrrole nitrogens is 1. The van der Waals surface area contributed by atoms with E-state index < -0.39 is 11.4 Å². The summed E-state index contributed by atoms with van der Waals surface area (Å²) in [5.41, 5.74) is 1.82. The molecule has 7 nitrogen and oxygen atoms in total. The number of carboxylic acid groups (broad SMARTS) is 1. The number of hydrogen-bond donors (Lipinski definition) is 2. The zero-order chi connectivity index (χ0) is 21.3. The molecule has 2 aromatic heterocycles. The van der Waals surface area contributed by atoms with Crippen molar-refractivity contribution in [3.05, 3.63) is 41.6 Å². The molecule has 0 unspecified atom stereocenters. The molecule has 1 aliphatic heterocycles. The van der Waals surface area contributed by atoms with Gasteiger partial charge in [-0.3, -0.25) is 4.79 Å². The summed E-state index contributed by atoms with van der Waals surface area (Å²) in [4.78, 5) is 26.0. The molecule has 3 aromatic rings. The number of aliphatic carboxylic acids is 1. The molecule has 158 valence electrons. The zero-order valence-electron chi connectivity index (χ0n) is 17.1. The molecule has 1 saturated heterocycles. The molecule has 0 amide bonds. The molecule has 1 fully saturated rings. The number of ether oxygens (including phenoxy) is 1. The lowest BCUT2D eigenvalue weighted by molar-refractivity contribution is -0.152. The molecule has 1 aromatic carbocycles. The highest BCUT2D eigenvalue weighted by Gasteiger charge is 2.30. The van der Waals surface area contributed by atoms with Crippen LogP contribution in [0.4, 0.5) is 5.82 Å². The van der Waals surface area contributed by atoms with E-state index in [0.717, 1.165) is 54.2 Å². The van der Waals surface area contributed by atoms with Crippen molar-refractivity contribution in [2.45, 2.75) is 32.8 Å². The van der Waals surface area contributed by atoms with Crippen LogP contribution in [0.3, 0.4) is 0 Å². The number of carboxylic acids is 1. The van der Waals surface area contributed by atoms with Crippen LogP contribution in [0.1, 0.15) is 26.7 Å². The standard InChI is InChI=1S/C22H25ClN4O3/c1-22(2,21(28)29)13-30-16-7-9-27(10-8-16)19-6-3-14(12-24-19)20-25-17-5-4-15(23)11-18(17)26-20/h3-6,11-12,16H,7-10,13H2,1-2H3,(H,25,26)(H,28,29). The Morgan fingerprint density at radius 2 is 2.07 bits per heavy atom. The molecule has 0 saturated carbocycles. The lowest BCUT2D eigenvalue weighted by atomic mass is 9.95. The van der Waals surface area contributed by atoms with E-state index in [1.54, 1.807) is 13.8 Å². The molecule has 30 heavy (non-hydrogen) atoms. The van der Waals surface area contributed by atoms with Crippen LogP contribution in [0.5, 0.6) is 0 Å². The van der Waals surface area contributed by atoms with Gasteiger partial charge >= 0.3 is 5.97 Å². The quantitative estimate of drug-likeness (QED) is 0.605. The van der Waals surface area contributed by atoms with Gasteiger partial charge in [0, 0.05) is 29.9 Å². The average Bonchev–Trinajstić information content (AvgIpc) is 3.16. The maximum atomic E-state index is 11.2. The van der Waals surface area contributed by atoms with Crippen LogP contribution >= 0.6 is 11.6 Å². The van der Waals surface area contributed by atoms with Gasteiger partial charge in [-0.2, -0.15) is 0 Å². The van der Waals surface area contributed by atoms with Crippen molar-refractivity contribution in [1.82, 2.24) is 15.0 Å². The number of nitrogens with zero attached hydrogens (tertiary/aromatic N) is 3. The number of imidazole rings is 1. The van der Waals surface area contributed by atoms with Crippen LogP contribution in [-0.4, -0.2) is 51.8 Å². The van der Waals surface area contributed by atoms with Gasteiger partial charge in [0.05, 0.1) is 29.2 Å². The highest BCUT2D eigenvalue weighted by Crippen LogP contribution is 2.26. The van der Waals surface area contributed by atoms with Crippen LogP contribution < -0.4 is 4.90 Å². The van der Waals surface area contributed by atoms with Gasteiger partial charge in [-0.25, -0.2) is 9.97 Å². The molecule has 0 radical (unpaired) electrons. The Hall–Kier alpha value is -2.64. The highest BCUT2D eigenvalue weighted by molar-refractivity contribution is 6.31. The van der Waals surface area contributed by atoms with E-state index in [-0.39, 0.29) is 12.7 Å². The molecule has 8 heteroatoms. The molecule has 0 bridgehead atoms. The lowest BCUT2D eigenvalue weighted by Crippen LogP contribution is -2.39. The molecule has 2 N–H and O–H groups in total. The number of aromatic nitrogens is 3. The predicted octanol–water partition coefficient (Wildman–Crippen LogP) is 4.37. The fourth-order valence-electron chi connectivity index (χ4n) is 3.47. The number of benzene rings is 1. The molecule has 0 aliphatic carbocycles. The largest absolute Gasteiger partial charge is 0.481 e. The Bertz CT molecular complexity index is 1040. The van der Waals surface area contributed by atoms with E-state index in [1.165, 1.54) is 0 Å². The first kappa shape index (κ1) is 20.6. The van der Waals surface area contributed by atoms with E-state index in [1.807, 2.05) is 36.5 Å². The SMILES string of the molecule is CC(C)(COC1CCN(c2ccc(-c3nc4ccc(Cl)cc4[nH]3)cn2)CC1)C(=O)O. The summed E-state index contributed by atoms with van der Waals surface area (Å²) in [6.45, 7) is 5.25. The first-order valence-corrected chi connectivity index (χ1v) is 10.4. The van der Waals surface area contributed by atoms with Crippen LogP contribution in [-0.2, 0) is 9.53 Å². The summed E-state index contributed by atoms with van der Waals surface area (Å²) in [6.07, 6.45) is 3.61. The smallest absolute Gasteiger partial charge is 0.311 e. The molecule has 3 heterocycles. The van der Waals surface area contributed by atoms with Crippen LogP contribution in [0, 0.1) is 5.41 Å². The second kappa shape index (κ2) is 8.24. The summed E-state index contributed by atoms with van der Waals surface area (Å²) in [7, 11) is 0. The molecule has 0 atom stereocenters. The lowest BCUT2D eigenvalue weighted by Gasteiger charge is -2.34. The van der Waals surface area contributed by atoms with Crippen molar-refractivity contribution in [3.8, 4) is 11.4 Å². The third-order valence-corrected chi connectivity index (χ3v) is 5.73. The van der Waals surface area contributed by atoms with Crippen molar-refractivity contribution < 1.29 is 14.6 Å². The minimum Gasteiger partial charge on any atom is -0.481 e. The number of aromatic amines is 1. The monoisotopic (exact) mass is 428 g/mol. The minimum atomic E-state index is -0.865. The number of carbonyl (C=O) groups is 1. The Labute approximate surface area is 180 Å². The van der Waals surface area contributed by atoms with Gasteiger partial charge in [-0.15, -0.1) is 0 Å². The van der Waals surface area contributed by atoms with Crippen molar-refractivity contribution in [3.63, 3.8) is 0 Å². The minimum absolute atomic E-state index is 0.0847. The second-order valence-electron chi connectivity index (χ2n) is 8.34. The Balaban J connectivity index is 1.36. The Morgan fingerprint density at radius 3 is 2.73 bits per heavy atom. The molecule has 1 aliphatic rings. The third kappa shape index (κ3) is 4.42. The zero-order valence-corrected chi connectivity index (χ0v) is 17.8. The van der Waals surface area contributed by atoms with Crippen molar-refractivity contribution >= 4 is 34.4 Å². The van der Waals surface area contributed by atoms with Crippen LogP contribution in [0.2, 0.25) is 5.02 Å². The van der Waals surface area contributed by atoms with E-state index >= 15 is 0 Å². The van der Waals surface area contributed by atoms with E-state index in [0.29, 0.717) is 5.02 Å². The normalized spacial score (nSPS) is 15.6. The van der Waals surface area contributed by atoms with Crippen LogP contribution in [0.15, 0.2) is 36.5 Å². The maximum Gasteiger partial charge on any atom is 0.311 e. The van der Waals surface area contributed by atoms with E-state index in [9.17, 15) is 9.90 Å². The van der Waals surface area contributed by atoms with Gasteiger partial charge in [0.1, 0.15) is 11.6 Å². The number of piperidine rings is 1. The van der Waals surface area contributed by atoms with E-state index in [4.69, 9.17) is 16.3 Å². The van der Waals surface area contributed by atoms with Gasteiger partial charge in [0.15, 0.2) is 0 Å². The molecule has 0 spiro atoms. The van der Waals surface area contributed by atoms with Gasteiger partial charge in [-0.1, -0.05) is 11.6 Å². The number of nitrogens with one attached hydrogen (secondary N) is 1. The summed E-state index contributed by atoms with van der Waals surface area (Å²) < 4.78 is 5.86. The number of halogens is 1. The number of hydrogen-bond acceptors (Lipinski definition) is 5. The van der Waals surface area contributed by atoms with Crippen molar-refractivity contribution in [2.24, 2.45) is 5.41 Å². The summed E-state index contributed by atoms with van der Waals surface area (Å²) in [5.74, 6) is 0.846. The van der Waals surface area contributed by atoms with Gasteiger partial charge in [-0.05, 0) is 57.0 Å². The highest BCUT2D eigenvalue weighted by atomic mass is 35.5. The molecular formula is C22H25ClN4O3. The third-order valence-electron chi connectivity index (χ3n) is 5.49. The van der Waals surface area contributed by atoms with Crippen LogP contribution in [0.25, 0.3) is 22.4 Å². The number of pyridine rings is 1. The molecular weight excluding hydrogens is 404 g/mol. The van der Waals surface area contributed by atoms with Crippen molar-refractivity contribution in [2.75, 3.05) is 24.6 Å². The molecule has 4 rings (SSSR count). The topological polar surface area (TPSA) is 91.3 Å².